The standard InChI is InChI=1S/C15H34N4O.HI/c1-5-16-15(18-12-10-14-20-4)17-11-8-9-13-19(6-2)7-3;/h5-14H2,1-4H3,(H2,16,17,18);1H. The number of hydrogen-bond acceptors (Lipinski definition) is 3. The zero-order valence-electron chi connectivity index (χ0n) is 14.3. The number of nitrogens with one attached hydrogen (secondary N) is 2. The molecule has 21 heavy (non-hydrogen) atoms. The van der Waals surface area contributed by atoms with Gasteiger partial charge in [0.15, 0.2) is 5.96 Å². The molecule has 0 heterocycles. The van der Waals surface area contributed by atoms with Gasteiger partial charge < -0.3 is 20.3 Å². The van der Waals surface area contributed by atoms with E-state index in [1.54, 1.807) is 7.11 Å². The van der Waals surface area contributed by atoms with E-state index < -0.39 is 0 Å². The van der Waals surface area contributed by atoms with Crippen LogP contribution in [0.5, 0.6) is 0 Å². The molecule has 0 aliphatic heterocycles. The van der Waals surface area contributed by atoms with Crippen molar-refractivity contribution in [1.29, 1.82) is 0 Å². The summed E-state index contributed by atoms with van der Waals surface area (Å²) in [5, 5.41) is 6.66. The molecule has 0 aromatic carbocycles. The van der Waals surface area contributed by atoms with Crippen LogP contribution in [-0.2, 0) is 4.74 Å². The average Bonchev–Trinajstić information content (AvgIpc) is 2.47. The van der Waals surface area contributed by atoms with Gasteiger partial charge in [-0.2, -0.15) is 0 Å². The maximum atomic E-state index is 5.03. The fourth-order valence-corrected chi connectivity index (χ4v) is 1.95. The van der Waals surface area contributed by atoms with E-state index in [0.717, 1.165) is 51.7 Å². The molecule has 0 aliphatic carbocycles. The molecular formula is C15H35IN4O. The minimum absolute atomic E-state index is 0. The van der Waals surface area contributed by atoms with E-state index in [-0.39, 0.29) is 24.0 Å². The zero-order chi connectivity index (χ0) is 15.1. The van der Waals surface area contributed by atoms with E-state index in [1.807, 2.05) is 0 Å². The number of rotatable bonds is 12. The second kappa shape index (κ2) is 18.0. The number of aliphatic imine (C=N–C) groups is 1. The Morgan fingerprint density at radius 3 is 2.33 bits per heavy atom. The van der Waals surface area contributed by atoms with Gasteiger partial charge in [-0.1, -0.05) is 13.8 Å². The summed E-state index contributed by atoms with van der Waals surface area (Å²) in [5.41, 5.74) is 0. The topological polar surface area (TPSA) is 48.9 Å². The Hall–Kier alpha value is -0.0800. The highest BCUT2D eigenvalue weighted by Gasteiger charge is 1.99. The monoisotopic (exact) mass is 414 g/mol. The van der Waals surface area contributed by atoms with Crippen molar-refractivity contribution in [2.45, 2.75) is 40.0 Å². The van der Waals surface area contributed by atoms with E-state index >= 15 is 0 Å². The van der Waals surface area contributed by atoms with Crippen LogP contribution in [0, 0.1) is 0 Å². The lowest BCUT2D eigenvalue weighted by atomic mass is 10.3. The van der Waals surface area contributed by atoms with E-state index in [4.69, 9.17) is 4.74 Å². The lowest BCUT2D eigenvalue weighted by Gasteiger charge is -2.18. The smallest absolute Gasteiger partial charge is 0.191 e. The first kappa shape index (κ1) is 23.2. The third-order valence-electron chi connectivity index (χ3n) is 3.21. The van der Waals surface area contributed by atoms with Gasteiger partial charge >= 0.3 is 0 Å². The maximum Gasteiger partial charge on any atom is 0.191 e. The number of hydrogen-bond donors (Lipinski definition) is 2. The van der Waals surface area contributed by atoms with Gasteiger partial charge in [0.25, 0.3) is 0 Å². The van der Waals surface area contributed by atoms with Gasteiger partial charge in [0.05, 0.1) is 0 Å². The largest absolute Gasteiger partial charge is 0.385 e. The molecule has 0 amide bonds. The minimum Gasteiger partial charge on any atom is -0.385 e. The number of nitrogens with zero attached hydrogens (tertiary/aromatic N) is 2. The van der Waals surface area contributed by atoms with Gasteiger partial charge in [0, 0.05) is 33.4 Å². The van der Waals surface area contributed by atoms with Gasteiger partial charge in [0.1, 0.15) is 0 Å². The summed E-state index contributed by atoms with van der Waals surface area (Å²) in [4.78, 5) is 6.98. The van der Waals surface area contributed by atoms with Crippen molar-refractivity contribution < 1.29 is 4.74 Å². The van der Waals surface area contributed by atoms with Crippen LogP contribution in [0.1, 0.15) is 40.0 Å². The fraction of sp³-hybridized carbons (Fsp3) is 0.933. The Labute approximate surface area is 148 Å². The molecule has 0 radical (unpaired) electrons. The van der Waals surface area contributed by atoms with Crippen LogP contribution in [0.3, 0.4) is 0 Å². The lowest BCUT2D eigenvalue weighted by molar-refractivity contribution is 0.197. The molecule has 0 aliphatic rings. The van der Waals surface area contributed by atoms with Crippen LogP contribution in [-0.4, -0.2) is 63.8 Å². The Kier molecular flexibility index (Phi) is 19.8. The second-order valence-electron chi connectivity index (χ2n) is 4.77. The van der Waals surface area contributed by atoms with Crippen LogP contribution < -0.4 is 10.6 Å². The predicted octanol–water partition coefficient (Wildman–Crippen LogP) is 2.32. The highest BCUT2D eigenvalue weighted by Crippen LogP contribution is 1.94. The van der Waals surface area contributed by atoms with Gasteiger partial charge in [-0.05, 0) is 45.8 Å². The molecule has 0 saturated carbocycles. The SMILES string of the molecule is CCNC(=NCCCOC)NCCCCN(CC)CC.I. The average molecular weight is 414 g/mol. The first-order valence-corrected chi connectivity index (χ1v) is 8.01. The van der Waals surface area contributed by atoms with Crippen molar-refractivity contribution in [3.8, 4) is 0 Å². The van der Waals surface area contributed by atoms with Crippen molar-refractivity contribution in [2.75, 3.05) is 53.0 Å². The number of guanidine groups is 1. The summed E-state index contributed by atoms with van der Waals surface area (Å²) in [6.07, 6.45) is 3.38. The molecule has 0 aromatic rings. The molecule has 0 unspecified atom stereocenters. The number of unbranched alkanes of at least 4 members (excludes halogenated alkanes) is 1. The number of methoxy groups -OCH3 is 1. The molecule has 0 bridgehead atoms. The molecule has 0 rings (SSSR count). The summed E-state index contributed by atoms with van der Waals surface area (Å²) in [6, 6.07) is 0. The van der Waals surface area contributed by atoms with Gasteiger partial charge in [-0.15, -0.1) is 24.0 Å². The quantitative estimate of drug-likeness (QED) is 0.223. The zero-order valence-corrected chi connectivity index (χ0v) is 16.6. The fourth-order valence-electron chi connectivity index (χ4n) is 1.95. The summed E-state index contributed by atoms with van der Waals surface area (Å²) < 4.78 is 5.03. The number of halogens is 1. The van der Waals surface area contributed by atoms with Crippen molar-refractivity contribution in [2.24, 2.45) is 4.99 Å². The first-order valence-electron chi connectivity index (χ1n) is 8.01. The molecule has 0 aromatic heterocycles. The third-order valence-corrected chi connectivity index (χ3v) is 3.21. The van der Waals surface area contributed by atoms with Crippen LogP contribution in [0.15, 0.2) is 4.99 Å². The summed E-state index contributed by atoms with van der Waals surface area (Å²) in [7, 11) is 1.73. The Morgan fingerprint density at radius 2 is 1.76 bits per heavy atom. The summed E-state index contributed by atoms with van der Waals surface area (Å²) >= 11 is 0. The molecule has 0 fully saturated rings. The van der Waals surface area contributed by atoms with Crippen LogP contribution >= 0.6 is 24.0 Å². The van der Waals surface area contributed by atoms with Crippen LogP contribution in [0.2, 0.25) is 0 Å². The van der Waals surface area contributed by atoms with E-state index in [1.165, 1.54) is 19.4 Å². The van der Waals surface area contributed by atoms with Crippen molar-refractivity contribution in [3.05, 3.63) is 0 Å². The molecule has 0 spiro atoms. The summed E-state index contributed by atoms with van der Waals surface area (Å²) in [5.74, 6) is 0.923. The Balaban J connectivity index is 0. The maximum absolute atomic E-state index is 5.03. The van der Waals surface area contributed by atoms with Gasteiger partial charge in [-0.3, -0.25) is 4.99 Å². The highest BCUT2D eigenvalue weighted by atomic mass is 127. The lowest BCUT2D eigenvalue weighted by Crippen LogP contribution is -2.38. The molecular weight excluding hydrogens is 379 g/mol. The molecule has 0 atom stereocenters. The highest BCUT2D eigenvalue weighted by molar-refractivity contribution is 14.0. The van der Waals surface area contributed by atoms with E-state index in [2.05, 4.69) is 41.3 Å². The van der Waals surface area contributed by atoms with Crippen molar-refractivity contribution in [1.82, 2.24) is 15.5 Å². The normalized spacial score (nSPS) is 11.4. The first-order chi connectivity index (χ1) is 9.78. The van der Waals surface area contributed by atoms with Gasteiger partial charge in [0.2, 0.25) is 0 Å². The van der Waals surface area contributed by atoms with Crippen LogP contribution in [0.4, 0.5) is 0 Å². The summed E-state index contributed by atoms with van der Waals surface area (Å²) in [6.45, 7) is 13.5. The Bertz CT molecular complexity index is 236. The Morgan fingerprint density at radius 1 is 1.05 bits per heavy atom. The van der Waals surface area contributed by atoms with E-state index in [9.17, 15) is 0 Å². The molecule has 128 valence electrons. The van der Waals surface area contributed by atoms with Crippen molar-refractivity contribution >= 4 is 29.9 Å². The van der Waals surface area contributed by atoms with Crippen LogP contribution in [0.25, 0.3) is 0 Å². The molecule has 0 saturated heterocycles. The third kappa shape index (κ3) is 14.6. The predicted molar refractivity (Wildman–Crippen MR) is 103 cm³/mol. The second-order valence-corrected chi connectivity index (χ2v) is 4.77. The van der Waals surface area contributed by atoms with Crippen molar-refractivity contribution in [3.63, 3.8) is 0 Å². The molecule has 2 N–H and O–H groups in total. The van der Waals surface area contributed by atoms with Gasteiger partial charge in [-0.25, -0.2) is 0 Å². The minimum atomic E-state index is 0. The van der Waals surface area contributed by atoms with E-state index in [0.29, 0.717) is 0 Å². The number of ether oxygens (including phenoxy) is 1. The molecule has 6 heteroatoms. The molecule has 5 nitrogen and oxygen atoms in total.